The maximum absolute atomic E-state index is 15.3. The van der Waals surface area contributed by atoms with Crippen LogP contribution >= 0.6 is 23.4 Å². The van der Waals surface area contributed by atoms with Crippen LogP contribution in [0.15, 0.2) is 104 Å². The number of halogens is 1. The fourth-order valence-electron chi connectivity index (χ4n) is 8.16. The predicted molar refractivity (Wildman–Crippen MR) is 190 cm³/mol. The van der Waals surface area contributed by atoms with Gasteiger partial charge in [-0.1, -0.05) is 91.3 Å². The number of aryl methyl sites for hydroxylation is 1. The van der Waals surface area contributed by atoms with Gasteiger partial charge in [0, 0.05) is 24.0 Å². The zero-order valence-electron chi connectivity index (χ0n) is 26.7. The molecule has 9 heteroatoms. The molecule has 2 bridgehead atoms. The van der Waals surface area contributed by atoms with Crippen LogP contribution < -0.4 is 9.80 Å². The molecule has 0 saturated carbocycles. The predicted octanol–water partition coefficient (Wildman–Crippen LogP) is 6.46. The van der Waals surface area contributed by atoms with Crippen molar-refractivity contribution < 1.29 is 19.5 Å². The summed E-state index contributed by atoms with van der Waals surface area (Å²) in [6.45, 7) is 11.9. The number of nitrogens with zero attached hydrogens (tertiary/aromatic N) is 3. The van der Waals surface area contributed by atoms with Gasteiger partial charge >= 0.3 is 0 Å². The van der Waals surface area contributed by atoms with Gasteiger partial charge in [-0.2, -0.15) is 0 Å². The molecule has 3 aliphatic rings. The van der Waals surface area contributed by atoms with E-state index in [4.69, 9.17) is 11.6 Å². The molecule has 3 aromatic carbocycles. The maximum Gasteiger partial charge on any atom is 0.251 e. The second kappa shape index (κ2) is 13.3. The fourth-order valence-corrected chi connectivity index (χ4v) is 10.9. The summed E-state index contributed by atoms with van der Waals surface area (Å²) in [5.74, 6) is -2.23. The van der Waals surface area contributed by atoms with Crippen LogP contribution in [0.1, 0.15) is 30.5 Å². The maximum atomic E-state index is 15.3. The Morgan fingerprint density at radius 1 is 1.00 bits per heavy atom. The minimum Gasteiger partial charge on any atom is -0.394 e. The van der Waals surface area contributed by atoms with Crippen LogP contribution in [0, 0.1) is 24.7 Å². The van der Waals surface area contributed by atoms with Crippen LogP contribution in [0.3, 0.4) is 0 Å². The fraction of sp³-hybridized carbons (Fsp3) is 0.342. The molecule has 3 amide bonds. The SMILES string of the molecule is C=CCN(C(=O)[C@@H]1[C@@H]2CC(C)C3(S2)C(C(=O)N(CC=C)c2c(C)cccc2Cl)N([C@H](CO)c2ccccc2)C(=O)[C@H]13)c1ccccc1. The molecule has 0 aliphatic carbocycles. The van der Waals surface area contributed by atoms with E-state index in [9.17, 15) is 9.90 Å². The van der Waals surface area contributed by atoms with Crippen LogP contribution in [-0.4, -0.2) is 63.5 Å². The van der Waals surface area contributed by atoms with Crippen molar-refractivity contribution in [2.45, 2.75) is 42.3 Å². The van der Waals surface area contributed by atoms with E-state index in [1.165, 1.54) is 0 Å². The first-order valence-electron chi connectivity index (χ1n) is 16.0. The van der Waals surface area contributed by atoms with E-state index in [2.05, 4.69) is 20.1 Å². The summed E-state index contributed by atoms with van der Waals surface area (Å²) < 4.78 is -0.910. The molecule has 3 aromatic rings. The van der Waals surface area contributed by atoms with Crippen molar-refractivity contribution in [1.29, 1.82) is 0 Å². The highest BCUT2D eigenvalue weighted by Crippen LogP contribution is 2.69. The number of carbonyl (C=O) groups is 3. The average molecular weight is 670 g/mol. The van der Waals surface area contributed by atoms with E-state index in [1.807, 2.05) is 79.7 Å². The van der Waals surface area contributed by atoms with E-state index in [-0.39, 0.29) is 48.6 Å². The number of carbonyl (C=O) groups excluding carboxylic acids is 3. The second-order valence-electron chi connectivity index (χ2n) is 12.6. The Bertz CT molecular complexity index is 1670. The summed E-state index contributed by atoms with van der Waals surface area (Å²) >= 11 is 8.36. The monoisotopic (exact) mass is 669 g/mol. The second-order valence-corrected chi connectivity index (χ2v) is 14.6. The lowest BCUT2D eigenvalue weighted by Gasteiger charge is -2.42. The number of anilines is 2. The standard InChI is InChI=1S/C38H40ClN3O4S/c1-5-20-40(27-17-11-8-12-18-27)35(44)31-30-22-25(4)38(47-30)32(31)36(45)42(29(23-43)26-15-9-7-10-16-26)34(38)37(46)41(21-6-2)33-24(3)14-13-19-28(33)39/h5-19,25,29-32,34,43H,1-2,20-23H2,3-4H3/t25?,29-,30+,31-,32+,34?,38?/m1/s1. The summed E-state index contributed by atoms with van der Waals surface area (Å²) in [4.78, 5) is 49.9. The lowest BCUT2D eigenvalue weighted by Crippen LogP contribution is -2.58. The summed E-state index contributed by atoms with van der Waals surface area (Å²) in [5.41, 5.74) is 2.82. The van der Waals surface area contributed by atoms with Crippen molar-refractivity contribution in [3.8, 4) is 0 Å². The first-order chi connectivity index (χ1) is 22.7. The van der Waals surface area contributed by atoms with Gasteiger partial charge in [-0.25, -0.2) is 0 Å². The van der Waals surface area contributed by atoms with Gasteiger partial charge in [0.05, 0.1) is 39.9 Å². The van der Waals surface area contributed by atoms with Crippen molar-refractivity contribution in [2.24, 2.45) is 17.8 Å². The highest BCUT2D eigenvalue weighted by Gasteiger charge is 2.77. The van der Waals surface area contributed by atoms with E-state index in [1.54, 1.807) is 44.7 Å². The van der Waals surface area contributed by atoms with Crippen LogP contribution in [0.5, 0.6) is 0 Å². The molecule has 0 radical (unpaired) electrons. The number of aliphatic hydroxyl groups excluding tert-OH is 1. The van der Waals surface area contributed by atoms with E-state index in [0.29, 0.717) is 17.1 Å². The van der Waals surface area contributed by atoms with Gasteiger partial charge < -0.3 is 19.8 Å². The van der Waals surface area contributed by atoms with Crippen molar-refractivity contribution in [3.63, 3.8) is 0 Å². The van der Waals surface area contributed by atoms with Crippen LogP contribution in [-0.2, 0) is 14.4 Å². The number of amides is 3. The third-order valence-corrected chi connectivity index (χ3v) is 12.5. The molecule has 3 aliphatic heterocycles. The largest absolute Gasteiger partial charge is 0.394 e. The number of hydrogen-bond donors (Lipinski definition) is 1. The Morgan fingerprint density at radius 2 is 1.64 bits per heavy atom. The number of rotatable bonds is 11. The van der Waals surface area contributed by atoms with Gasteiger partial charge in [-0.15, -0.1) is 24.9 Å². The van der Waals surface area contributed by atoms with E-state index in [0.717, 1.165) is 16.8 Å². The van der Waals surface area contributed by atoms with Crippen molar-refractivity contribution in [2.75, 3.05) is 29.5 Å². The summed E-state index contributed by atoms with van der Waals surface area (Å²) in [5, 5.41) is 11.2. The number of hydrogen-bond acceptors (Lipinski definition) is 5. The Hall–Kier alpha value is -3.85. The van der Waals surface area contributed by atoms with Crippen LogP contribution in [0.25, 0.3) is 0 Å². The molecule has 244 valence electrons. The minimum absolute atomic E-state index is 0.0629. The van der Waals surface area contributed by atoms with Gasteiger partial charge in [0.2, 0.25) is 11.8 Å². The third kappa shape index (κ3) is 5.31. The molecule has 47 heavy (non-hydrogen) atoms. The van der Waals surface area contributed by atoms with Gasteiger partial charge in [0.15, 0.2) is 0 Å². The molecule has 7 nitrogen and oxygen atoms in total. The molecule has 7 atom stereocenters. The number of benzene rings is 3. The molecule has 3 saturated heterocycles. The zero-order chi connectivity index (χ0) is 33.5. The molecule has 3 fully saturated rings. The Kier molecular flexibility index (Phi) is 9.38. The molecule has 3 heterocycles. The molecular formula is C38H40ClN3O4S. The molecule has 1 N–H and O–H groups in total. The molecular weight excluding hydrogens is 630 g/mol. The quantitative estimate of drug-likeness (QED) is 0.237. The number of aliphatic hydroxyl groups is 1. The highest BCUT2D eigenvalue weighted by atomic mass is 35.5. The van der Waals surface area contributed by atoms with Gasteiger partial charge in [-0.3, -0.25) is 14.4 Å². The number of thioether (sulfide) groups is 1. The van der Waals surface area contributed by atoms with Gasteiger partial charge in [-0.05, 0) is 48.6 Å². The molecule has 3 unspecified atom stereocenters. The lowest BCUT2D eigenvalue weighted by molar-refractivity contribution is -0.142. The van der Waals surface area contributed by atoms with Crippen LogP contribution in [0.2, 0.25) is 5.02 Å². The van der Waals surface area contributed by atoms with Crippen molar-refractivity contribution in [1.82, 2.24) is 4.90 Å². The Morgan fingerprint density at radius 3 is 2.26 bits per heavy atom. The van der Waals surface area contributed by atoms with Crippen molar-refractivity contribution in [3.05, 3.63) is 120 Å². The number of likely N-dealkylation sites (tertiary alicyclic amines) is 1. The van der Waals surface area contributed by atoms with Gasteiger partial charge in [0.25, 0.3) is 5.91 Å². The molecule has 0 aromatic heterocycles. The number of para-hydroxylation sites is 2. The normalized spacial score (nSPS) is 26.5. The summed E-state index contributed by atoms with van der Waals surface area (Å²) in [7, 11) is 0. The summed E-state index contributed by atoms with van der Waals surface area (Å²) in [6, 6.07) is 22.4. The van der Waals surface area contributed by atoms with Crippen LogP contribution in [0.4, 0.5) is 11.4 Å². The summed E-state index contributed by atoms with van der Waals surface area (Å²) in [6.07, 6.45) is 4.02. The molecule has 6 rings (SSSR count). The van der Waals surface area contributed by atoms with E-state index >= 15 is 9.59 Å². The van der Waals surface area contributed by atoms with E-state index < -0.39 is 28.7 Å². The Labute approximate surface area is 285 Å². The van der Waals surface area contributed by atoms with Crippen molar-refractivity contribution >= 4 is 52.5 Å². The zero-order valence-corrected chi connectivity index (χ0v) is 28.2. The lowest BCUT2D eigenvalue weighted by atomic mass is 9.65. The average Bonchev–Trinajstić information content (AvgIpc) is 3.67. The van der Waals surface area contributed by atoms with Gasteiger partial charge in [0.1, 0.15) is 6.04 Å². The first-order valence-corrected chi connectivity index (χ1v) is 17.3. The number of fused-ring (bicyclic) bond motifs is 1. The minimum atomic E-state index is -0.972. The Balaban J connectivity index is 1.52. The molecule has 1 spiro atoms. The topological polar surface area (TPSA) is 81.2 Å². The smallest absolute Gasteiger partial charge is 0.251 e. The highest BCUT2D eigenvalue weighted by molar-refractivity contribution is 8.02. The first kappa shape index (κ1) is 33.1. The third-order valence-electron chi connectivity index (χ3n) is 10.1.